The number of ether oxygens (including phenoxy) is 1. The van der Waals surface area contributed by atoms with Crippen molar-refractivity contribution in [2.24, 2.45) is 5.92 Å². The molecule has 1 fully saturated rings. The molecule has 0 amide bonds. The van der Waals surface area contributed by atoms with Gasteiger partial charge < -0.3 is 10.1 Å². The average molecular weight is 296 g/mol. The van der Waals surface area contributed by atoms with Gasteiger partial charge in [0.25, 0.3) is 0 Å². The van der Waals surface area contributed by atoms with Crippen LogP contribution in [0.15, 0.2) is 18.2 Å². The molecule has 1 saturated carbocycles. The maximum absolute atomic E-state index is 6.35. The van der Waals surface area contributed by atoms with Gasteiger partial charge in [-0.25, -0.2) is 0 Å². The fourth-order valence-electron chi connectivity index (χ4n) is 2.88. The van der Waals surface area contributed by atoms with Crippen molar-refractivity contribution in [1.82, 2.24) is 5.32 Å². The molecular weight excluding hydrogens is 270 g/mol. The van der Waals surface area contributed by atoms with E-state index in [2.05, 4.69) is 25.2 Å². The molecule has 1 aliphatic carbocycles. The van der Waals surface area contributed by atoms with Crippen LogP contribution in [0.5, 0.6) is 5.75 Å². The van der Waals surface area contributed by atoms with Crippen LogP contribution >= 0.6 is 11.6 Å². The van der Waals surface area contributed by atoms with E-state index in [-0.39, 0.29) is 0 Å². The van der Waals surface area contributed by atoms with E-state index in [1.54, 1.807) is 0 Å². The molecule has 1 aromatic rings. The van der Waals surface area contributed by atoms with Gasteiger partial charge in [0, 0.05) is 12.1 Å². The molecule has 1 N–H and O–H groups in total. The van der Waals surface area contributed by atoms with E-state index in [1.807, 2.05) is 12.1 Å². The number of hydrogen-bond acceptors (Lipinski definition) is 2. The third-order valence-corrected chi connectivity index (χ3v) is 4.26. The molecule has 2 rings (SSSR count). The number of benzene rings is 1. The minimum Gasteiger partial charge on any atom is -0.489 e. The molecule has 0 radical (unpaired) electrons. The summed E-state index contributed by atoms with van der Waals surface area (Å²) in [6.45, 7) is 6.33. The van der Waals surface area contributed by atoms with Gasteiger partial charge in [-0.05, 0) is 44.2 Å². The third-order valence-electron chi connectivity index (χ3n) is 3.96. The number of para-hydroxylation sites is 1. The molecule has 0 aromatic heterocycles. The molecule has 2 unspecified atom stereocenters. The van der Waals surface area contributed by atoms with E-state index in [0.717, 1.165) is 49.0 Å². The first kappa shape index (κ1) is 15.7. The Bertz CT molecular complexity index is 421. The Balaban J connectivity index is 2.04. The Kier molecular flexibility index (Phi) is 6.18. The summed E-state index contributed by atoms with van der Waals surface area (Å²) in [6, 6.07) is 6.03. The van der Waals surface area contributed by atoms with Gasteiger partial charge >= 0.3 is 0 Å². The summed E-state index contributed by atoms with van der Waals surface area (Å²) in [4.78, 5) is 0. The molecule has 0 heterocycles. The summed E-state index contributed by atoms with van der Waals surface area (Å²) < 4.78 is 6.25. The summed E-state index contributed by atoms with van der Waals surface area (Å²) >= 11 is 6.35. The van der Waals surface area contributed by atoms with Crippen molar-refractivity contribution < 1.29 is 4.74 Å². The fourth-order valence-corrected chi connectivity index (χ4v) is 3.12. The lowest BCUT2D eigenvalue weighted by molar-refractivity contribution is 0.128. The molecule has 2 atom stereocenters. The SMILES string of the molecule is CCCNCc1cccc(Cl)c1OC1CCCC(C)C1. The second-order valence-corrected chi connectivity index (χ2v) is 6.32. The van der Waals surface area contributed by atoms with Crippen LogP contribution in [-0.4, -0.2) is 12.6 Å². The first-order chi connectivity index (χ1) is 9.70. The molecule has 3 heteroatoms. The van der Waals surface area contributed by atoms with Crippen LogP contribution in [0.3, 0.4) is 0 Å². The van der Waals surface area contributed by atoms with Crippen LogP contribution in [0.1, 0.15) is 51.5 Å². The van der Waals surface area contributed by atoms with Crippen molar-refractivity contribution in [1.29, 1.82) is 0 Å². The van der Waals surface area contributed by atoms with Gasteiger partial charge in [0.2, 0.25) is 0 Å². The number of nitrogens with one attached hydrogen (secondary N) is 1. The van der Waals surface area contributed by atoms with Gasteiger partial charge in [0.1, 0.15) is 5.75 Å². The summed E-state index contributed by atoms with van der Waals surface area (Å²) in [5.74, 6) is 1.65. The Morgan fingerprint density at radius 1 is 1.35 bits per heavy atom. The number of halogens is 1. The molecule has 0 saturated heterocycles. The van der Waals surface area contributed by atoms with Gasteiger partial charge in [0.05, 0.1) is 11.1 Å². The largest absolute Gasteiger partial charge is 0.489 e. The van der Waals surface area contributed by atoms with Crippen molar-refractivity contribution >= 4 is 11.6 Å². The first-order valence-electron chi connectivity index (χ1n) is 7.85. The van der Waals surface area contributed by atoms with Crippen molar-refractivity contribution in [3.05, 3.63) is 28.8 Å². The monoisotopic (exact) mass is 295 g/mol. The van der Waals surface area contributed by atoms with Crippen molar-refractivity contribution in [2.75, 3.05) is 6.54 Å². The maximum Gasteiger partial charge on any atom is 0.142 e. The third kappa shape index (κ3) is 4.39. The second-order valence-electron chi connectivity index (χ2n) is 5.92. The molecule has 0 aliphatic heterocycles. The van der Waals surface area contributed by atoms with E-state index in [1.165, 1.54) is 18.4 Å². The van der Waals surface area contributed by atoms with Gasteiger partial charge in [-0.2, -0.15) is 0 Å². The smallest absolute Gasteiger partial charge is 0.142 e. The quantitative estimate of drug-likeness (QED) is 0.761. The van der Waals surface area contributed by atoms with Crippen LogP contribution in [0.2, 0.25) is 5.02 Å². The lowest BCUT2D eigenvalue weighted by atomic mass is 9.88. The Morgan fingerprint density at radius 2 is 2.20 bits per heavy atom. The molecule has 1 aromatic carbocycles. The van der Waals surface area contributed by atoms with E-state index >= 15 is 0 Å². The van der Waals surface area contributed by atoms with Crippen LogP contribution in [0.4, 0.5) is 0 Å². The van der Waals surface area contributed by atoms with E-state index < -0.39 is 0 Å². The summed E-state index contributed by atoms with van der Waals surface area (Å²) in [7, 11) is 0. The van der Waals surface area contributed by atoms with Gasteiger partial charge in [0.15, 0.2) is 0 Å². The molecule has 112 valence electrons. The van der Waals surface area contributed by atoms with E-state index in [0.29, 0.717) is 6.10 Å². The zero-order chi connectivity index (χ0) is 14.4. The molecule has 0 bridgehead atoms. The van der Waals surface area contributed by atoms with Crippen LogP contribution < -0.4 is 10.1 Å². The van der Waals surface area contributed by atoms with Gasteiger partial charge in [-0.1, -0.05) is 44.0 Å². The predicted octanol–water partition coefficient (Wildman–Crippen LogP) is 4.80. The first-order valence-corrected chi connectivity index (χ1v) is 8.23. The second kappa shape index (κ2) is 7.90. The molecule has 2 nitrogen and oxygen atoms in total. The fraction of sp³-hybridized carbons (Fsp3) is 0.647. The van der Waals surface area contributed by atoms with Crippen LogP contribution in [0.25, 0.3) is 0 Å². The summed E-state index contributed by atoms with van der Waals surface area (Å²) in [5.41, 5.74) is 1.17. The minimum absolute atomic E-state index is 0.323. The van der Waals surface area contributed by atoms with E-state index in [4.69, 9.17) is 16.3 Å². The normalized spacial score (nSPS) is 22.8. The highest BCUT2D eigenvalue weighted by molar-refractivity contribution is 6.32. The average Bonchev–Trinajstić information content (AvgIpc) is 2.43. The molecule has 0 spiro atoms. The highest BCUT2D eigenvalue weighted by atomic mass is 35.5. The number of hydrogen-bond donors (Lipinski definition) is 1. The highest BCUT2D eigenvalue weighted by Gasteiger charge is 2.22. The van der Waals surface area contributed by atoms with Gasteiger partial charge in [-0.15, -0.1) is 0 Å². The Hall–Kier alpha value is -0.730. The highest BCUT2D eigenvalue weighted by Crippen LogP contribution is 2.33. The van der Waals surface area contributed by atoms with Crippen molar-refractivity contribution in [3.63, 3.8) is 0 Å². The van der Waals surface area contributed by atoms with Crippen LogP contribution in [-0.2, 0) is 6.54 Å². The minimum atomic E-state index is 0.323. The zero-order valence-electron chi connectivity index (χ0n) is 12.6. The maximum atomic E-state index is 6.35. The number of rotatable bonds is 6. The van der Waals surface area contributed by atoms with E-state index in [9.17, 15) is 0 Å². The topological polar surface area (TPSA) is 21.3 Å². The van der Waals surface area contributed by atoms with Crippen molar-refractivity contribution in [2.45, 2.75) is 58.6 Å². The lowest BCUT2D eigenvalue weighted by Gasteiger charge is -2.28. The van der Waals surface area contributed by atoms with Gasteiger partial charge in [-0.3, -0.25) is 0 Å². The standard InChI is InChI=1S/C17H26ClNO/c1-3-10-19-12-14-7-5-9-16(18)17(14)20-15-8-4-6-13(2)11-15/h5,7,9,13,15,19H,3-4,6,8,10-12H2,1-2H3. The molecule has 1 aliphatic rings. The lowest BCUT2D eigenvalue weighted by Crippen LogP contribution is -2.25. The Morgan fingerprint density at radius 3 is 2.95 bits per heavy atom. The zero-order valence-corrected chi connectivity index (χ0v) is 13.4. The summed E-state index contributed by atoms with van der Waals surface area (Å²) in [5, 5.41) is 4.16. The van der Waals surface area contributed by atoms with Crippen LogP contribution in [0, 0.1) is 5.92 Å². The van der Waals surface area contributed by atoms with Crippen molar-refractivity contribution in [3.8, 4) is 5.75 Å². The predicted molar refractivity (Wildman–Crippen MR) is 85.5 cm³/mol. The molecular formula is C17H26ClNO. The Labute approximate surface area is 127 Å². The molecule has 20 heavy (non-hydrogen) atoms. The summed E-state index contributed by atoms with van der Waals surface area (Å²) in [6.07, 6.45) is 6.34.